The van der Waals surface area contributed by atoms with Crippen LogP contribution in [0, 0.1) is 0 Å². The molecular formula is C24H21ClN2O2S. The number of ketones is 1. The molecule has 0 bridgehead atoms. The quantitative estimate of drug-likeness (QED) is 0.254. The first kappa shape index (κ1) is 20.5. The van der Waals surface area contributed by atoms with Crippen LogP contribution in [0.3, 0.4) is 0 Å². The van der Waals surface area contributed by atoms with Crippen molar-refractivity contribution >= 4 is 40.2 Å². The molecule has 4 aromatic rings. The number of benzene rings is 3. The Kier molecular flexibility index (Phi) is 6.11. The number of aromatic nitrogens is 2. The second kappa shape index (κ2) is 8.94. The van der Waals surface area contributed by atoms with Gasteiger partial charge in [-0.25, -0.2) is 4.98 Å². The van der Waals surface area contributed by atoms with Crippen LogP contribution in [0.1, 0.15) is 28.4 Å². The number of thioether (sulfide) groups is 1. The Morgan fingerprint density at radius 3 is 2.63 bits per heavy atom. The molecule has 0 amide bonds. The Morgan fingerprint density at radius 2 is 1.90 bits per heavy atom. The second-order valence-electron chi connectivity index (χ2n) is 6.97. The molecule has 0 unspecified atom stereocenters. The predicted molar refractivity (Wildman–Crippen MR) is 123 cm³/mol. The van der Waals surface area contributed by atoms with Gasteiger partial charge in [0, 0.05) is 21.9 Å². The van der Waals surface area contributed by atoms with Crippen LogP contribution in [0.15, 0.2) is 71.9 Å². The summed E-state index contributed by atoms with van der Waals surface area (Å²) in [6.07, 6.45) is 0. The standard InChI is InChI=1S/C24H21ClN2O2S/c1-16(28)18-8-11-23(29-2)19(12-18)15-30-24-26-21-13-20(25)9-10-22(21)27(24)14-17-6-4-3-5-7-17/h3-13H,14-15H2,1-2H3. The Morgan fingerprint density at radius 1 is 1.10 bits per heavy atom. The monoisotopic (exact) mass is 436 g/mol. The van der Waals surface area contributed by atoms with Crippen molar-refractivity contribution in [2.45, 2.75) is 24.4 Å². The molecule has 1 heterocycles. The van der Waals surface area contributed by atoms with Crippen LogP contribution in [0.4, 0.5) is 0 Å². The van der Waals surface area contributed by atoms with Crippen LogP contribution in [0.5, 0.6) is 5.75 Å². The largest absolute Gasteiger partial charge is 0.496 e. The molecule has 0 atom stereocenters. The van der Waals surface area contributed by atoms with Crippen molar-refractivity contribution < 1.29 is 9.53 Å². The third kappa shape index (κ3) is 4.37. The molecule has 0 aliphatic rings. The molecule has 0 N–H and O–H groups in total. The van der Waals surface area contributed by atoms with Crippen molar-refractivity contribution in [3.63, 3.8) is 0 Å². The summed E-state index contributed by atoms with van der Waals surface area (Å²) in [6.45, 7) is 2.29. The topological polar surface area (TPSA) is 44.1 Å². The molecule has 4 rings (SSSR count). The molecular weight excluding hydrogens is 416 g/mol. The third-order valence-electron chi connectivity index (χ3n) is 4.90. The minimum atomic E-state index is 0.0369. The van der Waals surface area contributed by atoms with Gasteiger partial charge in [-0.1, -0.05) is 53.7 Å². The first-order valence-electron chi connectivity index (χ1n) is 9.55. The maximum Gasteiger partial charge on any atom is 0.169 e. The fourth-order valence-corrected chi connectivity index (χ4v) is 4.52. The first-order valence-corrected chi connectivity index (χ1v) is 10.9. The molecule has 0 radical (unpaired) electrons. The normalized spacial score (nSPS) is 11.0. The SMILES string of the molecule is COc1ccc(C(C)=O)cc1CSc1nc2cc(Cl)ccc2n1Cc1ccccc1. The van der Waals surface area contributed by atoms with E-state index in [2.05, 4.69) is 16.7 Å². The molecule has 0 fully saturated rings. The van der Waals surface area contributed by atoms with E-state index < -0.39 is 0 Å². The van der Waals surface area contributed by atoms with Gasteiger partial charge in [-0.05, 0) is 48.9 Å². The molecule has 3 aromatic carbocycles. The van der Waals surface area contributed by atoms with Crippen molar-refractivity contribution in [1.29, 1.82) is 0 Å². The zero-order valence-electron chi connectivity index (χ0n) is 16.8. The highest BCUT2D eigenvalue weighted by Gasteiger charge is 2.14. The van der Waals surface area contributed by atoms with E-state index in [0.717, 1.165) is 27.5 Å². The molecule has 0 spiro atoms. The Bertz CT molecular complexity index is 1200. The second-order valence-corrected chi connectivity index (χ2v) is 8.35. The molecule has 1 aromatic heterocycles. The number of carbonyl (C=O) groups is 1. The summed E-state index contributed by atoms with van der Waals surface area (Å²) in [5.41, 5.74) is 4.74. The highest BCUT2D eigenvalue weighted by atomic mass is 35.5. The van der Waals surface area contributed by atoms with Crippen molar-refractivity contribution in [2.24, 2.45) is 0 Å². The van der Waals surface area contributed by atoms with Crippen LogP contribution in [0.2, 0.25) is 5.02 Å². The van der Waals surface area contributed by atoms with Crippen LogP contribution in [-0.2, 0) is 12.3 Å². The molecule has 0 aliphatic carbocycles. The first-order chi connectivity index (χ1) is 14.5. The summed E-state index contributed by atoms with van der Waals surface area (Å²) < 4.78 is 7.70. The van der Waals surface area contributed by atoms with Gasteiger partial charge < -0.3 is 9.30 Å². The van der Waals surface area contributed by atoms with Gasteiger partial charge in [0.05, 0.1) is 24.7 Å². The minimum Gasteiger partial charge on any atom is -0.496 e. The number of nitrogens with zero attached hydrogens (tertiary/aromatic N) is 2. The van der Waals surface area contributed by atoms with E-state index in [1.165, 1.54) is 5.56 Å². The number of carbonyl (C=O) groups excluding carboxylic acids is 1. The number of fused-ring (bicyclic) bond motifs is 1. The maximum absolute atomic E-state index is 11.8. The fourth-order valence-electron chi connectivity index (χ4n) is 3.36. The van der Waals surface area contributed by atoms with E-state index in [4.69, 9.17) is 21.3 Å². The van der Waals surface area contributed by atoms with E-state index in [-0.39, 0.29) is 5.78 Å². The number of Topliss-reactive ketones (excluding diaryl/α,β-unsaturated/α-hetero) is 1. The summed E-state index contributed by atoms with van der Waals surface area (Å²) >= 11 is 7.81. The number of halogens is 1. The van der Waals surface area contributed by atoms with E-state index in [1.807, 2.05) is 48.5 Å². The summed E-state index contributed by atoms with van der Waals surface area (Å²) in [6, 6.07) is 21.6. The zero-order chi connectivity index (χ0) is 21.1. The number of rotatable bonds is 7. The van der Waals surface area contributed by atoms with E-state index in [1.54, 1.807) is 31.9 Å². The van der Waals surface area contributed by atoms with Crippen molar-refractivity contribution in [1.82, 2.24) is 9.55 Å². The lowest BCUT2D eigenvalue weighted by molar-refractivity contribution is 0.101. The van der Waals surface area contributed by atoms with E-state index in [0.29, 0.717) is 22.9 Å². The average Bonchev–Trinajstić information content (AvgIpc) is 3.08. The minimum absolute atomic E-state index is 0.0369. The van der Waals surface area contributed by atoms with Crippen LogP contribution in [-0.4, -0.2) is 22.4 Å². The molecule has 0 saturated heterocycles. The van der Waals surface area contributed by atoms with Gasteiger partial charge in [-0.15, -0.1) is 0 Å². The van der Waals surface area contributed by atoms with Gasteiger partial charge in [0.15, 0.2) is 10.9 Å². The average molecular weight is 437 g/mol. The van der Waals surface area contributed by atoms with Crippen molar-refractivity contribution in [2.75, 3.05) is 7.11 Å². The fraction of sp³-hybridized carbons (Fsp3) is 0.167. The summed E-state index contributed by atoms with van der Waals surface area (Å²) in [5.74, 6) is 1.44. The Labute approximate surface area is 184 Å². The number of ether oxygens (including phenoxy) is 1. The number of hydrogen-bond donors (Lipinski definition) is 0. The number of imidazole rings is 1. The lowest BCUT2D eigenvalue weighted by atomic mass is 10.1. The molecule has 4 nitrogen and oxygen atoms in total. The van der Waals surface area contributed by atoms with Crippen LogP contribution < -0.4 is 4.74 Å². The number of hydrogen-bond acceptors (Lipinski definition) is 4. The van der Waals surface area contributed by atoms with Gasteiger partial charge in [0.2, 0.25) is 0 Å². The van der Waals surface area contributed by atoms with Crippen LogP contribution >= 0.6 is 23.4 Å². The van der Waals surface area contributed by atoms with E-state index >= 15 is 0 Å². The van der Waals surface area contributed by atoms with Gasteiger partial charge in [-0.2, -0.15) is 0 Å². The lowest BCUT2D eigenvalue weighted by Crippen LogP contribution is -2.02. The van der Waals surface area contributed by atoms with Crippen molar-refractivity contribution in [3.05, 3.63) is 88.4 Å². The van der Waals surface area contributed by atoms with Crippen LogP contribution in [0.25, 0.3) is 11.0 Å². The molecule has 152 valence electrons. The summed E-state index contributed by atoms with van der Waals surface area (Å²) in [7, 11) is 1.64. The smallest absolute Gasteiger partial charge is 0.169 e. The molecule has 0 aliphatic heterocycles. The maximum atomic E-state index is 11.8. The Hall–Kier alpha value is -2.76. The van der Waals surface area contributed by atoms with Gasteiger partial charge in [-0.3, -0.25) is 4.79 Å². The third-order valence-corrected chi connectivity index (χ3v) is 6.16. The molecule has 30 heavy (non-hydrogen) atoms. The van der Waals surface area contributed by atoms with Gasteiger partial charge in [0.25, 0.3) is 0 Å². The molecule has 0 saturated carbocycles. The van der Waals surface area contributed by atoms with Gasteiger partial charge >= 0.3 is 0 Å². The predicted octanol–water partition coefficient (Wildman–Crippen LogP) is 6.24. The van der Waals surface area contributed by atoms with E-state index in [9.17, 15) is 4.79 Å². The van der Waals surface area contributed by atoms with Gasteiger partial charge in [0.1, 0.15) is 5.75 Å². The molecule has 6 heteroatoms. The Balaban J connectivity index is 1.69. The highest BCUT2D eigenvalue weighted by molar-refractivity contribution is 7.98. The lowest BCUT2D eigenvalue weighted by Gasteiger charge is -2.12. The highest BCUT2D eigenvalue weighted by Crippen LogP contribution is 2.32. The van der Waals surface area contributed by atoms with Crippen molar-refractivity contribution in [3.8, 4) is 5.75 Å². The summed E-state index contributed by atoms with van der Waals surface area (Å²) in [5, 5.41) is 1.56. The number of methoxy groups -OCH3 is 1. The summed E-state index contributed by atoms with van der Waals surface area (Å²) in [4.78, 5) is 16.6. The zero-order valence-corrected chi connectivity index (χ0v) is 18.3.